The Hall–Kier alpha value is 6.74. The van der Waals surface area contributed by atoms with Crippen LogP contribution < -0.4 is 106 Å². The Bertz CT molecular complexity index is 159. The normalized spacial score (nSPS) is 5.11. The monoisotopic (exact) mass is 1460 g/mol. The maximum Gasteiger partial charge on any atom is 3.00 e. The van der Waals surface area contributed by atoms with E-state index in [1.807, 2.05) is 0 Å². The van der Waals surface area contributed by atoms with E-state index < -0.39 is 51.2 Å². The zero-order valence-corrected chi connectivity index (χ0v) is 45.2. The molecular weight excluding hydrogens is 1450 g/mol. The summed E-state index contributed by atoms with van der Waals surface area (Å²) in [5.74, 6) is 0. The van der Waals surface area contributed by atoms with E-state index in [-0.39, 0.29) is 216 Å². The van der Waals surface area contributed by atoms with E-state index in [0.29, 0.717) is 0 Å². The molecule has 0 aliphatic carbocycles. The van der Waals surface area contributed by atoms with Crippen LogP contribution in [0.1, 0.15) is 0 Å². The standard InChI is InChI=1S/3Al.7BO3.3Cd.3Pb/c;;;7*2-1(3)4;;;;;;/q3*+3;7*-3;6*+2. The summed E-state index contributed by atoms with van der Waals surface area (Å²) in [5, 5.41) is 177. The van der Waals surface area contributed by atoms with Gasteiger partial charge in [-0.2, -0.15) is 0 Å². The third-order valence-corrected chi connectivity index (χ3v) is 0. The summed E-state index contributed by atoms with van der Waals surface area (Å²) < 4.78 is 0. The van der Waals surface area contributed by atoms with Crippen LogP contribution >= 0.6 is 0 Å². The molecule has 0 N–H and O–H groups in total. The van der Waals surface area contributed by atoms with Crippen LogP contribution in [-0.4, -0.2) is 185 Å². The first-order valence-corrected chi connectivity index (χ1v) is 4.95. The quantitative estimate of drug-likeness (QED) is 0.203. The fourth-order valence-electron chi connectivity index (χ4n) is 0. The maximum atomic E-state index is 8.42. The largest absolute Gasteiger partial charge is 3.00 e. The van der Waals surface area contributed by atoms with E-state index >= 15 is 0 Å². The van der Waals surface area contributed by atoms with Crippen LogP contribution in [0.25, 0.3) is 0 Å². The van der Waals surface area contributed by atoms with Crippen LogP contribution in [0.5, 0.6) is 0 Å². The van der Waals surface area contributed by atoms with E-state index in [1.165, 1.54) is 0 Å². The fourth-order valence-corrected chi connectivity index (χ4v) is 0. The smallest absolute Gasteiger partial charge is 0.907 e. The van der Waals surface area contributed by atoms with Crippen molar-refractivity contribution < 1.29 is 187 Å². The molecule has 0 aliphatic rings. The van der Waals surface area contributed by atoms with Crippen molar-refractivity contribution in [2.45, 2.75) is 0 Å². The van der Waals surface area contributed by atoms with Gasteiger partial charge in [-0.25, -0.2) is 0 Å². The Morgan fingerprint density at radius 2 is 0.189 bits per heavy atom. The Labute approximate surface area is 366 Å². The van der Waals surface area contributed by atoms with Crippen molar-refractivity contribution in [2.75, 3.05) is 0 Å². The maximum absolute atomic E-state index is 8.42. The third kappa shape index (κ3) is 1560. The Balaban J connectivity index is -0.00000000955. The van der Waals surface area contributed by atoms with Crippen LogP contribution in [0.15, 0.2) is 0 Å². The van der Waals surface area contributed by atoms with Gasteiger partial charge in [-0.15, -0.1) is 0 Å². The summed E-state index contributed by atoms with van der Waals surface area (Å²) in [6.45, 7) is 0. The third-order valence-electron chi connectivity index (χ3n) is 0. The Morgan fingerprint density at radius 1 is 0.189 bits per heavy atom. The van der Waals surface area contributed by atoms with Crippen LogP contribution in [0.4, 0.5) is 0 Å². The van der Waals surface area contributed by atoms with Crippen molar-refractivity contribution in [2.24, 2.45) is 0 Å². The van der Waals surface area contributed by atoms with Crippen LogP contribution in [0.2, 0.25) is 0 Å². The average molecular weight is 1450 g/mol. The van der Waals surface area contributed by atoms with E-state index in [4.69, 9.17) is 106 Å². The second kappa shape index (κ2) is 96.8. The predicted octanol–water partition coefficient (Wildman–Crippen LogP) is -29.9. The Morgan fingerprint density at radius 3 is 0.189 bits per heavy atom. The van der Waals surface area contributed by atoms with E-state index in [0.717, 1.165) is 0 Å². The summed E-state index contributed by atoms with van der Waals surface area (Å²) in [7, 11) is -20.4. The number of hydrogen-bond acceptors (Lipinski definition) is 21. The summed E-state index contributed by atoms with van der Waals surface area (Å²) >= 11 is 0. The van der Waals surface area contributed by atoms with Gasteiger partial charge in [0.2, 0.25) is 0 Å². The second-order valence-corrected chi connectivity index (χ2v) is 2.02. The van der Waals surface area contributed by atoms with Gasteiger partial charge in [-0.3, -0.25) is 51.2 Å². The van der Waals surface area contributed by atoms with Gasteiger partial charge in [0.15, 0.2) is 0 Å². The molecule has 0 bridgehead atoms. The van der Waals surface area contributed by atoms with Gasteiger partial charge < -0.3 is 106 Å². The molecular formula is Al3B7Cd3O21Pb3. The molecule has 37 heavy (non-hydrogen) atoms. The van der Waals surface area contributed by atoms with Gasteiger partial charge in [0, 0.05) is 0 Å². The summed E-state index contributed by atoms with van der Waals surface area (Å²) in [6, 6.07) is 0. The van der Waals surface area contributed by atoms with Gasteiger partial charge in [-0.1, -0.05) is 0 Å². The predicted molar refractivity (Wildman–Crippen MR) is 74.8 cm³/mol. The minimum Gasteiger partial charge on any atom is -0.907 e. The van der Waals surface area contributed by atoms with Gasteiger partial charge in [0.25, 0.3) is 0 Å². The van der Waals surface area contributed by atoms with Crippen molar-refractivity contribution in [3.63, 3.8) is 0 Å². The molecule has 0 amide bonds. The minimum atomic E-state index is -2.92. The molecule has 0 aromatic rings. The van der Waals surface area contributed by atoms with E-state index in [9.17, 15) is 0 Å². The van der Waals surface area contributed by atoms with Crippen LogP contribution in [-0.2, 0) is 81.9 Å². The molecule has 0 aromatic carbocycles. The Kier molecular flexibility index (Phi) is 272. The van der Waals surface area contributed by atoms with Crippen molar-refractivity contribution in [1.82, 2.24) is 0 Å². The number of rotatable bonds is 0. The van der Waals surface area contributed by atoms with Crippen molar-refractivity contribution in [1.29, 1.82) is 0 Å². The fraction of sp³-hybridized carbons (Fsp3) is 0. The zero-order valence-electron chi connectivity index (χ0n) is 18.0. The topological polar surface area (TPSA) is 484 Å². The summed E-state index contributed by atoms with van der Waals surface area (Å²) in [4.78, 5) is 0. The molecule has 0 fully saturated rings. The minimum absolute atomic E-state index is 0. The van der Waals surface area contributed by atoms with Crippen LogP contribution in [0.3, 0.4) is 0 Å². The first-order valence-electron chi connectivity index (χ1n) is 4.95. The van der Waals surface area contributed by atoms with Crippen molar-refractivity contribution in [3.8, 4) is 0 Å². The van der Waals surface area contributed by atoms with Crippen molar-refractivity contribution >= 4 is 185 Å². The molecule has 0 aromatic heterocycles. The van der Waals surface area contributed by atoms with Gasteiger partial charge in [-0.05, 0) is 0 Å². The van der Waals surface area contributed by atoms with Gasteiger partial charge in [0.1, 0.15) is 0 Å². The van der Waals surface area contributed by atoms with Crippen LogP contribution in [0, 0.1) is 0 Å². The molecule has 174 valence electrons. The van der Waals surface area contributed by atoms with Crippen molar-refractivity contribution in [3.05, 3.63) is 0 Å². The summed E-state index contributed by atoms with van der Waals surface area (Å²) in [6.07, 6.45) is 0. The molecule has 0 saturated carbocycles. The number of hydrogen-bond donors (Lipinski definition) is 0. The van der Waals surface area contributed by atoms with E-state index in [1.54, 1.807) is 0 Å². The first-order chi connectivity index (χ1) is 12.1. The summed E-state index contributed by atoms with van der Waals surface area (Å²) in [5.41, 5.74) is 0. The molecule has 0 rings (SSSR count). The second-order valence-electron chi connectivity index (χ2n) is 2.02. The first kappa shape index (κ1) is 104. The van der Waals surface area contributed by atoms with E-state index in [2.05, 4.69) is 0 Å². The zero-order chi connectivity index (χ0) is 25.0. The molecule has 37 heteroatoms. The van der Waals surface area contributed by atoms with Gasteiger partial charge in [0.05, 0.1) is 0 Å². The average Bonchev–Trinajstić information content (AvgIpc) is 2.20. The van der Waals surface area contributed by atoms with Gasteiger partial charge >= 0.3 is 216 Å². The molecule has 0 saturated heterocycles. The SMILES string of the molecule is [Al+3].[Al+3].[Al+3].[Cd+2].[Cd+2].[Cd+2].[O-]B([O-])[O-].[O-]B([O-])[O-].[O-]B([O-])[O-].[O-]B([O-])[O-].[O-]B([O-])[O-].[O-]B([O-])[O-].[O-]B([O-])[O-].[Pb+2].[Pb+2].[Pb+2]. The molecule has 0 spiro atoms. The molecule has 0 unspecified atom stereocenters. The molecule has 0 atom stereocenters. The molecule has 21 nitrogen and oxygen atoms in total. The molecule has 0 aliphatic heterocycles. The molecule has 0 heterocycles. The molecule has 6 radical (unpaired) electrons.